The van der Waals surface area contributed by atoms with Gasteiger partial charge in [0.2, 0.25) is 0 Å². The number of Topliss-reactive ketones (excluding diaryl/α,β-unsaturated/α-hetero) is 1. The van der Waals surface area contributed by atoms with E-state index in [0.29, 0.717) is 12.2 Å². The van der Waals surface area contributed by atoms with Crippen molar-refractivity contribution in [2.24, 2.45) is 5.41 Å². The first kappa shape index (κ1) is 16.3. The van der Waals surface area contributed by atoms with E-state index in [9.17, 15) is 4.79 Å². The van der Waals surface area contributed by atoms with E-state index in [0.717, 1.165) is 18.5 Å². The molecule has 0 unspecified atom stereocenters. The average molecular weight is 289 g/mol. The predicted molar refractivity (Wildman–Crippen MR) is 89.0 cm³/mol. The van der Waals surface area contributed by atoms with Crippen LogP contribution < -0.4 is 0 Å². The van der Waals surface area contributed by atoms with Gasteiger partial charge in [0.1, 0.15) is 0 Å². The Morgan fingerprint density at radius 3 is 2.48 bits per heavy atom. The molecule has 1 aromatic rings. The summed E-state index contributed by atoms with van der Waals surface area (Å²) in [6.45, 7) is 9.91. The highest BCUT2D eigenvalue weighted by Crippen LogP contribution is 2.36. The fourth-order valence-electron chi connectivity index (χ4n) is 3.57. The van der Waals surface area contributed by atoms with E-state index < -0.39 is 0 Å². The molecular weight excluding hydrogens is 258 g/mol. The van der Waals surface area contributed by atoms with Crippen molar-refractivity contribution in [2.75, 3.05) is 0 Å². The molecule has 0 atom stereocenters. The molecule has 0 spiro atoms. The zero-order chi connectivity index (χ0) is 15.5. The van der Waals surface area contributed by atoms with Gasteiger partial charge >= 0.3 is 0 Å². The van der Waals surface area contributed by atoms with Gasteiger partial charge in [-0.25, -0.2) is 0 Å². The lowest BCUT2D eigenvalue weighted by atomic mass is 9.76. The van der Waals surface area contributed by atoms with Gasteiger partial charge in [0.25, 0.3) is 0 Å². The fraction of sp³-hybridized carbons (Fsp3) is 0.737. The van der Waals surface area contributed by atoms with Crippen LogP contribution in [0, 0.1) is 12.3 Å². The van der Waals surface area contributed by atoms with Crippen molar-refractivity contribution in [2.45, 2.75) is 85.6 Å². The largest absolute Gasteiger partial charge is 0.348 e. The zero-order valence-corrected chi connectivity index (χ0v) is 14.3. The molecule has 0 fully saturated rings. The molecule has 0 saturated heterocycles. The summed E-state index contributed by atoms with van der Waals surface area (Å²) in [6.07, 6.45) is 9.66. The van der Waals surface area contributed by atoms with Crippen LogP contribution >= 0.6 is 0 Å². The van der Waals surface area contributed by atoms with Crippen molar-refractivity contribution in [3.63, 3.8) is 0 Å². The Hall–Kier alpha value is -1.05. The monoisotopic (exact) mass is 289 g/mol. The van der Waals surface area contributed by atoms with Crippen LogP contribution in [0.3, 0.4) is 0 Å². The molecule has 1 aromatic heterocycles. The van der Waals surface area contributed by atoms with E-state index in [1.54, 1.807) is 0 Å². The number of carbonyl (C=O) groups is 1. The van der Waals surface area contributed by atoms with Crippen LogP contribution in [0.4, 0.5) is 0 Å². The van der Waals surface area contributed by atoms with Crippen molar-refractivity contribution < 1.29 is 4.79 Å². The summed E-state index contributed by atoms with van der Waals surface area (Å²) in [5.41, 5.74) is 3.67. The van der Waals surface area contributed by atoms with Crippen LogP contribution in [0.2, 0.25) is 0 Å². The van der Waals surface area contributed by atoms with Gasteiger partial charge in [0, 0.05) is 29.9 Å². The summed E-state index contributed by atoms with van der Waals surface area (Å²) in [5, 5.41) is 0. The van der Waals surface area contributed by atoms with Gasteiger partial charge in [-0.05, 0) is 31.2 Å². The highest BCUT2D eigenvalue weighted by Gasteiger charge is 2.33. The third-order valence-electron chi connectivity index (χ3n) is 4.74. The number of aromatic nitrogens is 1. The Labute approximate surface area is 129 Å². The minimum Gasteiger partial charge on any atom is -0.348 e. The number of unbranched alkanes of at least 4 members (excludes halogenated alkanes) is 5. The van der Waals surface area contributed by atoms with Crippen LogP contribution in [0.5, 0.6) is 0 Å². The van der Waals surface area contributed by atoms with Gasteiger partial charge in [0.15, 0.2) is 5.78 Å². The molecule has 0 saturated carbocycles. The standard InChI is InChI=1S/C19H31NO/c1-5-6-7-8-9-10-11-20-15(2)12-16-17(20)13-19(3,4)14-18(16)21/h12H,5-11,13-14H2,1-4H3. The van der Waals surface area contributed by atoms with Crippen molar-refractivity contribution in [1.82, 2.24) is 4.57 Å². The predicted octanol–water partition coefficient (Wildman–Crippen LogP) is 5.31. The molecule has 0 bridgehead atoms. The quantitative estimate of drug-likeness (QED) is 0.623. The summed E-state index contributed by atoms with van der Waals surface area (Å²) in [7, 11) is 0. The lowest BCUT2D eigenvalue weighted by Crippen LogP contribution is -2.28. The van der Waals surface area contributed by atoms with E-state index in [-0.39, 0.29) is 5.41 Å². The highest BCUT2D eigenvalue weighted by atomic mass is 16.1. The third-order valence-corrected chi connectivity index (χ3v) is 4.74. The van der Waals surface area contributed by atoms with Crippen molar-refractivity contribution >= 4 is 5.78 Å². The maximum Gasteiger partial charge on any atom is 0.165 e. The molecule has 0 aliphatic heterocycles. The first-order valence-corrected chi connectivity index (χ1v) is 8.67. The molecule has 2 rings (SSSR count). The number of ketones is 1. The Morgan fingerprint density at radius 2 is 1.76 bits per heavy atom. The number of aryl methyl sites for hydroxylation is 1. The van der Waals surface area contributed by atoms with E-state index in [2.05, 4.69) is 38.3 Å². The SMILES string of the molecule is CCCCCCCCn1c(C)cc2c1CC(C)(C)CC2=O. The van der Waals surface area contributed by atoms with Crippen LogP contribution in [-0.4, -0.2) is 10.4 Å². The van der Waals surface area contributed by atoms with Gasteiger partial charge in [-0.15, -0.1) is 0 Å². The maximum absolute atomic E-state index is 12.3. The Balaban J connectivity index is 1.99. The molecule has 0 amide bonds. The number of nitrogens with zero attached hydrogens (tertiary/aromatic N) is 1. The molecule has 1 aliphatic rings. The maximum atomic E-state index is 12.3. The van der Waals surface area contributed by atoms with Crippen molar-refractivity contribution in [3.8, 4) is 0 Å². The average Bonchev–Trinajstić information content (AvgIpc) is 2.69. The lowest BCUT2D eigenvalue weighted by Gasteiger charge is -2.30. The Bertz CT molecular complexity index is 496. The molecule has 1 heterocycles. The van der Waals surface area contributed by atoms with Gasteiger partial charge in [-0.1, -0.05) is 52.9 Å². The second-order valence-corrected chi connectivity index (χ2v) is 7.51. The minimum atomic E-state index is 0.119. The van der Waals surface area contributed by atoms with E-state index in [1.165, 1.54) is 49.9 Å². The number of carbonyl (C=O) groups excluding carboxylic acids is 1. The van der Waals surface area contributed by atoms with E-state index in [4.69, 9.17) is 0 Å². The molecule has 0 N–H and O–H groups in total. The second kappa shape index (κ2) is 6.81. The third kappa shape index (κ3) is 3.99. The highest BCUT2D eigenvalue weighted by molar-refractivity contribution is 5.99. The Morgan fingerprint density at radius 1 is 1.10 bits per heavy atom. The molecular formula is C19H31NO. The van der Waals surface area contributed by atoms with E-state index in [1.807, 2.05) is 0 Å². The molecule has 2 nitrogen and oxygen atoms in total. The smallest absolute Gasteiger partial charge is 0.165 e. The topological polar surface area (TPSA) is 22.0 Å². The normalized spacial score (nSPS) is 17.0. The molecule has 1 aliphatic carbocycles. The lowest BCUT2D eigenvalue weighted by molar-refractivity contribution is 0.0910. The van der Waals surface area contributed by atoms with Gasteiger partial charge in [0.05, 0.1) is 0 Å². The Kier molecular flexibility index (Phi) is 5.29. The van der Waals surface area contributed by atoms with Gasteiger partial charge < -0.3 is 4.57 Å². The summed E-state index contributed by atoms with van der Waals surface area (Å²) in [4.78, 5) is 12.3. The van der Waals surface area contributed by atoms with Gasteiger partial charge in [-0.2, -0.15) is 0 Å². The second-order valence-electron chi connectivity index (χ2n) is 7.51. The first-order valence-electron chi connectivity index (χ1n) is 8.67. The van der Waals surface area contributed by atoms with Crippen LogP contribution in [0.1, 0.15) is 87.5 Å². The molecule has 0 radical (unpaired) electrons. The van der Waals surface area contributed by atoms with Crippen molar-refractivity contribution in [3.05, 3.63) is 23.0 Å². The minimum absolute atomic E-state index is 0.119. The first-order chi connectivity index (χ1) is 9.94. The molecule has 2 heteroatoms. The number of hydrogen-bond acceptors (Lipinski definition) is 1. The number of fused-ring (bicyclic) bond motifs is 1. The number of rotatable bonds is 7. The van der Waals surface area contributed by atoms with Crippen LogP contribution in [0.15, 0.2) is 6.07 Å². The van der Waals surface area contributed by atoms with E-state index >= 15 is 0 Å². The molecule has 118 valence electrons. The number of hydrogen-bond donors (Lipinski definition) is 0. The zero-order valence-electron chi connectivity index (χ0n) is 14.3. The fourth-order valence-corrected chi connectivity index (χ4v) is 3.57. The van der Waals surface area contributed by atoms with Gasteiger partial charge in [-0.3, -0.25) is 4.79 Å². The molecule has 21 heavy (non-hydrogen) atoms. The van der Waals surface area contributed by atoms with Crippen molar-refractivity contribution in [1.29, 1.82) is 0 Å². The van der Waals surface area contributed by atoms with Crippen LogP contribution in [0.25, 0.3) is 0 Å². The summed E-state index contributed by atoms with van der Waals surface area (Å²) < 4.78 is 2.41. The molecule has 0 aromatic carbocycles. The van der Waals surface area contributed by atoms with Crippen LogP contribution in [-0.2, 0) is 13.0 Å². The summed E-state index contributed by atoms with van der Waals surface area (Å²) in [6, 6.07) is 2.12. The summed E-state index contributed by atoms with van der Waals surface area (Å²) >= 11 is 0. The summed E-state index contributed by atoms with van der Waals surface area (Å²) in [5.74, 6) is 0.339.